The minimum absolute atomic E-state index is 0.0187. The zero-order chi connectivity index (χ0) is 21.7. The number of thiazole rings is 1. The van der Waals surface area contributed by atoms with Crippen LogP contribution in [-0.4, -0.2) is 34.3 Å². The molecule has 1 N–H and O–H groups in total. The van der Waals surface area contributed by atoms with Crippen molar-refractivity contribution < 1.29 is 9.59 Å². The summed E-state index contributed by atoms with van der Waals surface area (Å²) < 4.78 is 0. The van der Waals surface area contributed by atoms with Gasteiger partial charge in [0, 0.05) is 17.5 Å². The number of aromatic nitrogens is 1. The average Bonchev–Trinajstić information content (AvgIpc) is 3.47. The second kappa shape index (κ2) is 7.98. The Bertz CT molecular complexity index is 982. The van der Waals surface area contributed by atoms with Crippen LogP contribution in [0.4, 0.5) is 0 Å². The van der Waals surface area contributed by atoms with Crippen LogP contribution < -0.4 is 5.32 Å². The highest BCUT2D eigenvalue weighted by Gasteiger charge is 2.56. The maximum absolute atomic E-state index is 13.8. The van der Waals surface area contributed by atoms with Crippen molar-refractivity contribution in [2.75, 3.05) is 6.54 Å². The van der Waals surface area contributed by atoms with Gasteiger partial charge in [0.05, 0.1) is 17.7 Å². The largest absolute Gasteiger partial charge is 0.349 e. The van der Waals surface area contributed by atoms with E-state index in [1.165, 1.54) is 19.3 Å². The maximum Gasteiger partial charge on any atom is 0.243 e. The van der Waals surface area contributed by atoms with Crippen molar-refractivity contribution in [3.8, 4) is 10.6 Å². The van der Waals surface area contributed by atoms with Crippen molar-refractivity contribution in [1.29, 1.82) is 0 Å². The lowest BCUT2D eigenvalue weighted by Gasteiger charge is -2.56. The highest BCUT2D eigenvalue weighted by atomic mass is 32.1. The number of nitrogens with zero attached hydrogens (tertiary/aromatic N) is 2. The Kier molecular flexibility index (Phi) is 5.09. The quantitative estimate of drug-likeness (QED) is 0.724. The van der Waals surface area contributed by atoms with Crippen LogP contribution in [0, 0.1) is 23.2 Å². The highest BCUT2D eigenvalue weighted by molar-refractivity contribution is 7.13. The minimum Gasteiger partial charge on any atom is -0.349 e. The van der Waals surface area contributed by atoms with Crippen molar-refractivity contribution in [2.24, 2.45) is 23.2 Å². The van der Waals surface area contributed by atoms with Crippen LogP contribution >= 0.6 is 11.3 Å². The fraction of sp³-hybridized carbons (Fsp3) is 0.577. The van der Waals surface area contributed by atoms with Gasteiger partial charge < -0.3 is 10.2 Å². The first-order valence-corrected chi connectivity index (χ1v) is 13.1. The van der Waals surface area contributed by atoms with Crippen LogP contribution in [-0.2, 0) is 16.1 Å². The zero-order valence-corrected chi connectivity index (χ0v) is 19.3. The molecule has 1 aliphatic heterocycles. The van der Waals surface area contributed by atoms with E-state index in [0.29, 0.717) is 6.54 Å². The third-order valence-corrected chi connectivity index (χ3v) is 9.26. The molecule has 168 valence electrons. The molecule has 1 aromatic heterocycles. The smallest absolute Gasteiger partial charge is 0.243 e. The van der Waals surface area contributed by atoms with Gasteiger partial charge in [0.2, 0.25) is 11.8 Å². The Hall–Kier alpha value is -2.21. The molecule has 2 heterocycles. The Labute approximate surface area is 193 Å². The van der Waals surface area contributed by atoms with Crippen LogP contribution in [0.3, 0.4) is 0 Å². The number of nitrogens with one attached hydrogen (secondary N) is 1. The van der Waals surface area contributed by atoms with E-state index in [0.717, 1.165) is 72.7 Å². The summed E-state index contributed by atoms with van der Waals surface area (Å²) in [7, 11) is 0. The van der Waals surface area contributed by atoms with Crippen LogP contribution in [0.1, 0.15) is 57.1 Å². The zero-order valence-electron chi connectivity index (χ0n) is 18.5. The second-order valence-electron chi connectivity index (χ2n) is 10.6. The van der Waals surface area contributed by atoms with E-state index < -0.39 is 0 Å². The van der Waals surface area contributed by atoms with Gasteiger partial charge in [0.15, 0.2) is 0 Å². The molecule has 4 saturated carbocycles. The van der Waals surface area contributed by atoms with Gasteiger partial charge in [-0.15, -0.1) is 11.3 Å². The van der Waals surface area contributed by atoms with Gasteiger partial charge in [-0.25, -0.2) is 4.98 Å². The first-order chi connectivity index (χ1) is 15.6. The SMILES string of the molecule is O=C(NCc1csc(-c2ccccc2)n1)C1CCCN1C(=O)C12CC3CC(CC(C3)C1)C2. The topological polar surface area (TPSA) is 62.3 Å². The molecule has 4 bridgehead atoms. The predicted octanol–water partition coefficient (Wildman–Crippen LogP) is 4.63. The van der Waals surface area contributed by atoms with E-state index in [1.54, 1.807) is 11.3 Å². The van der Waals surface area contributed by atoms with Crippen molar-refractivity contribution in [3.63, 3.8) is 0 Å². The molecular formula is C26H31N3O2S. The van der Waals surface area contributed by atoms with Crippen LogP contribution in [0.25, 0.3) is 10.6 Å². The maximum atomic E-state index is 13.8. The van der Waals surface area contributed by atoms with Crippen molar-refractivity contribution in [2.45, 2.75) is 64.0 Å². The van der Waals surface area contributed by atoms with Gasteiger partial charge >= 0.3 is 0 Å². The summed E-state index contributed by atoms with van der Waals surface area (Å²) in [5.74, 6) is 2.49. The fourth-order valence-corrected chi connectivity index (χ4v) is 8.18. The molecule has 4 aliphatic carbocycles. The third-order valence-electron chi connectivity index (χ3n) is 8.32. The summed E-state index contributed by atoms with van der Waals surface area (Å²) in [6.07, 6.45) is 8.86. The predicted molar refractivity (Wildman–Crippen MR) is 125 cm³/mol. The normalized spacial score (nSPS) is 32.9. The van der Waals surface area contributed by atoms with Gasteiger partial charge in [-0.1, -0.05) is 30.3 Å². The molecule has 0 radical (unpaired) electrons. The van der Waals surface area contributed by atoms with E-state index in [9.17, 15) is 9.59 Å². The lowest BCUT2D eigenvalue weighted by atomic mass is 9.49. The number of likely N-dealkylation sites (tertiary alicyclic amines) is 1. The molecule has 6 heteroatoms. The van der Waals surface area contributed by atoms with Gasteiger partial charge in [-0.2, -0.15) is 0 Å². The van der Waals surface area contributed by atoms with Gasteiger partial charge in [-0.05, 0) is 69.1 Å². The number of amides is 2. The Morgan fingerprint density at radius 3 is 2.44 bits per heavy atom. The lowest BCUT2D eigenvalue weighted by molar-refractivity contribution is -0.160. The van der Waals surface area contributed by atoms with Gasteiger partial charge in [-0.3, -0.25) is 9.59 Å². The number of carbonyl (C=O) groups is 2. The van der Waals surface area contributed by atoms with E-state index in [4.69, 9.17) is 0 Å². The van der Waals surface area contributed by atoms with Crippen LogP contribution in [0.15, 0.2) is 35.7 Å². The summed E-state index contributed by atoms with van der Waals surface area (Å²) >= 11 is 1.60. The number of rotatable bonds is 5. The summed E-state index contributed by atoms with van der Waals surface area (Å²) in [5, 5.41) is 6.05. The molecule has 0 spiro atoms. The third kappa shape index (κ3) is 3.57. The molecular weight excluding hydrogens is 418 g/mol. The average molecular weight is 450 g/mol. The summed E-state index contributed by atoms with van der Waals surface area (Å²) in [5.41, 5.74) is 1.80. The van der Waals surface area contributed by atoms with Gasteiger partial charge in [0.25, 0.3) is 0 Å². The molecule has 2 amide bonds. The molecule has 32 heavy (non-hydrogen) atoms. The van der Waals surface area contributed by atoms with Gasteiger partial charge in [0.1, 0.15) is 11.0 Å². The van der Waals surface area contributed by atoms with Crippen molar-refractivity contribution in [3.05, 3.63) is 41.4 Å². The number of hydrogen-bond acceptors (Lipinski definition) is 4. The summed E-state index contributed by atoms with van der Waals surface area (Å²) in [6.45, 7) is 1.14. The minimum atomic E-state index is -0.317. The summed E-state index contributed by atoms with van der Waals surface area (Å²) in [6, 6.07) is 9.79. The Morgan fingerprint density at radius 2 is 1.75 bits per heavy atom. The highest BCUT2D eigenvalue weighted by Crippen LogP contribution is 2.60. The molecule has 5 aliphatic rings. The first-order valence-electron chi connectivity index (χ1n) is 12.2. The number of hydrogen-bond donors (Lipinski definition) is 1. The molecule has 1 unspecified atom stereocenters. The lowest BCUT2D eigenvalue weighted by Crippen LogP contribution is -2.57. The van der Waals surface area contributed by atoms with E-state index >= 15 is 0 Å². The second-order valence-corrected chi connectivity index (χ2v) is 11.4. The van der Waals surface area contributed by atoms with E-state index in [-0.39, 0.29) is 23.3 Å². The van der Waals surface area contributed by atoms with E-state index in [1.807, 2.05) is 40.6 Å². The van der Waals surface area contributed by atoms with Crippen molar-refractivity contribution >= 4 is 23.2 Å². The standard InChI is InChI=1S/C26H31N3O2S/c30-23(27-15-21-16-32-24(28-21)20-5-2-1-3-6-20)22-7-4-8-29(22)25(31)26-12-17-9-18(13-26)11-19(10-17)14-26/h1-3,5-6,16-19,22H,4,7-15H2,(H,27,30). The molecule has 5 nitrogen and oxygen atoms in total. The number of carbonyl (C=O) groups excluding carboxylic acids is 2. The molecule has 2 aromatic rings. The Balaban J connectivity index is 1.11. The molecule has 7 rings (SSSR count). The Morgan fingerprint density at radius 1 is 1.06 bits per heavy atom. The van der Waals surface area contributed by atoms with E-state index in [2.05, 4.69) is 10.3 Å². The summed E-state index contributed by atoms with van der Waals surface area (Å²) in [4.78, 5) is 33.5. The monoisotopic (exact) mass is 449 g/mol. The van der Waals surface area contributed by atoms with Crippen LogP contribution in [0.2, 0.25) is 0 Å². The van der Waals surface area contributed by atoms with Crippen LogP contribution in [0.5, 0.6) is 0 Å². The fourth-order valence-electron chi connectivity index (χ4n) is 7.36. The number of benzene rings is 1. The molecule has 1 saturated heterocycles. The molecule has 1 aromatic carbocycles. The first kappa shape index (κ1) is 20.4. The van der Waals surface area contributed by atoms with Crippen molar-refractivity contribution in [1.82, 2.24) is 15.2 Å². The molecule has 5 fully saturated rings. The molecule has 1 atom stereocenters.